The monoisotopic (exact) mass is 367 g/mol. The van der Waals surface area contributed by atoms with E-state index < -0.39 is 0 Å². The Bertz CT molecular complexity index is 1060. The van der Waals surface area contributed by atoms with Crippen LogP contribution in [0.15, 0.2) is 29.8 Å². The highest BCUT2D eigenvalue weighted by Gasteiger charge is 2.32. The molecular weight excluding hydrogens is 346 g/mol. The number of fused-ring (bicyclic) bond motifs is 3. The Labute approximate surface area is 155 Å². The van der Waals surface area contributed by atoms with Crippen LogP contribution in [0.1, 0.15) is 36.3 Å². The second kappa shape index (κ2) is 5.92. The summed E-state index contributed by atoms with van der Waals surface area (Å²) >= 11 is 1.72. The minimum Gasteiger partial charge on any atom is -0.504 e. The molecule has 0 fully saturated rings. The molecule has 1 aromatic carbocycles. The number of anilines is 1. The summed E-state index contributed by atoms with van der Waals surface area (Å²) in [5, 5.41) is 18.0. The predicted octanol–water partition coefficient (Wildman–Crippen LogP) is 4.70. The molecule has 1 aliphatic rings. The number of aromatic nitrogens is 2. The highest BCUT2D eigenvalue weighted by atomic mass is 32.1. The molecule has 0 atom stereocenters. The van der Waals surface area contributed by atoms with E-state index in [1.54, 1.807) is 24.5 Å². The van der Waals surface area contributed by atoms with Gasteiger partial charge in [-0.3, -0.25) is 5.10 Å². The number of nitrogens with two attached hydrogens (primary N) is 1. The number of phenolic OH excluding ortho intramolecular Hbond substituents is 1. The number of phenols is 1. The lowest BCUT2D eigenvalue weighted by atomic mass is 9.77. The largest absolute Gasteiger partial charge is 0.504 e. The number of nitrogens with zero attached hydrogens (tertiary/aromatic N) is 1. The van der Waals surface area contributed by atoms with Crippen LogP contribution in [0.5, 0.6) is 11.5 Å². The Balaban J connectivity index is 1.74. The van der Waals surface area contributed by atoms with E-state index in [0.717, 1.165) is 22.2 Å². The van der Waals surface area contributed by atoms with E-state index in [-0.39, 0.29) is 11.2 Å². The van der Waals surface area contributed by atoms with E-state index in [0.29, 0.717) is 11.6 Å². The van der Waals surface area contributed by atoms with Crippen molar-refractivity contribution < 1.29 is 9.84 Å². The van der Waals surface area contributed by atoms with Crippen LogP contribution < -0.4 is 10.5 Å². The van der Waals surface area contributed by atoms with E-state index in [1.165, 1.54) is 16.0 Å². The summed E-state index contributed by atoms with van der Waals surface area (Å²) in [5.41, 5.74) is 9.50. The number of ether oxygens (including phenoxy) is 1. The quantitative estimate of drug-likeness (QED) is 0.626. The van der Waals surface area contributed by atoms with Crippen molar-refractivity contribution in [2.24, 2.45) is 0 Å². The van der Waals surface area contributed by atoms with Crippen LogP contribution in [0.2, 0.25) is 0 Å². The smallest absolute Gasteiger partial charge is 0.161 e. The van der Waals surface area contributed by atoms with Gasteiger partial charge in [0.25, 0.3) is 0 Å². The molecule has 2 aromatic heterocycles. The fourth-order valence-corrected chi connectivity index (χ4v) is 4.74. The predicted molar refractivity (Wildman–Crippen MR) is 108 cm³/mol. The lowest BCUT2D eigenvalue weighted by Crippen LogP contribution is -2.20. The second-order valence-corrected chi connectivity index (χ2v) is 8.21. The van der Waals surface area contributed by atoms with Gasteiger partial charge in [0.15, 0.2) is 11.5 Å². The van der Waals surface area contributed by atoms with Gasteiger partial charge in [0.2, 0.25) is 0 Å². The number of methoxy groups -OCH3 is 1. The minimum atomic E-state index is 0.0290. The summed E-state index contributed by atoms with van der Waals surface area (Å²) in [6.07, 6.45) is 7.31. The first-order chi connectivity index (χ1) is 12.4. The van der Waals surface area contributed by atoms with E-state index in [2.05, 4.69) is 36.2 Å². The molecule has 4 rings (SSSR count). The molecule has 0 amide bonds. The van der Waals surface area contributed by atoms with Gasteiger partial charge < -0.3 is 15.6 Å². The third-order valence-corrected chi connectivity index (χ3v) is 6.22. The molecule has 0 saturated carbocycles. The summed E-state index contributed by atoms with van der Waals surface area (Å²) in [6.45, 7) is 4.51. The number of hydrogen-bond acceptors (Lipinski definition) is 5. The molecule has 0 unspecified atom stereocenters. The van der Waals surface area contributed by atoms with Crippen molar-refractivity contribution >= 4 is 39.5 Å². The molecule has 6 heteroatoms. The van der Waals surface area contributed by atoms with Crippen molar-refractivity contribution in [3.8, 4) is 11.5 Å². The van der Waals surface area contributed by atoms with Crippen LogP contribution in [0.25, 0.3) is 22.4 Å². The van der Waals surface area contributed by atoms with Crippen molar-refractivity contribution in [1.82, 2.24) is 10.2 Å². The van der Waals surface area contributed by atoms with Crippen molar-refractivity contribution in [2.45, 2.75) is 25.7 Å². The molecule has 5 nitrogen and oxygen atoms in total. The van der Waals surface area contributed by atoms with Gasteiger partial charge in [-0.05, 0) is 35.8 Å². The summed E-state index contributed by atoms with van der Waals surface area (Å²) in [4.78, 5) is 2.30. The number of aromatic hydroxyl groups is 1. The Hall–Kier alpha value is -2.73. The molecule has 0 spiro atoms. The average molecular weight is 367 g/mol. The lowest BCUT2D eigenvalue weighted by molar-refractivity contribution is 0.373. The van der Waals surface area contributed by atoms with E-state index >= 15 is 0 Å². The maximum absolute atomic E-state index is 9.73. The molecule has 0 aliphatic heterocycles. The number of aromatic amines is 1. The Morgan fingerprint density at radius 2 is 2.15 bits per heavy atom. The Morgan fingerprint density at radius 1 is 1.35 bits per heavy atom. The first kappa shape index (κ1) is 16.7. The first-order valence-corrected chi connectivity index (χ1v) is 9.23. The van der Waals surface area contributed by atoms with Crippen molar-refractivity contribution in [3.05, 3.63) is 45.9 Å². The summed E-state index contributed by atoms with van der Waals surface area (Å²) < 4.78 is 5.18. The fraction of sp³-hybridized carbons (Fsp3) is 0.250. The van der Waals surface area contributed by atoms with Crippen LogP contribution >= 0.6 is 11.3 Å². The molecule has 0 saturated heterocycles. The minimum absolute atomic E-state index is 0.0290. The number of H-pyrrole nitrogens is 1. The van der Waals surface area contributed by atoms with Gasteiger partial charge >= 0.3 is 0 Å². The molecule has 0 radical (unpaired) electrons. The molecule has 26 heavy (non-hydrogen) atoms. The van der Waals surface area contributed by atoms with Gasteiger partial charge in [0.05, 0.1) is 12.5 Å². The molecule has 2 heterocycles. The van der Waals surface area contributed by atoms with Crippen molar-refractivity contribution in [1.29, 1.82) is 0 Å². The molecule has 1 aliphatic carbocycles. The zero-order valence-electron chi connectivity index (χ0n) is 15.0. The zero-order valence-corrected chi connectivity index (χ0v) is 15.8. The molecule has 3 aromatic rings. The van der Waals surface area contributed by atoms with E-state index in [4.69, 9.17) is 10.5 Å². The Kier molecular flexibility index (Phi) is 3.80. The van der Waals surface area contributed by atoms with Gasteiger partial charge in [-0.15, -0.1) is 11.3 Å². The molecule has 0 bridgehead atoms. The highest BCUT2D eigenvalue weighted by Crippen LogP contribution is 2.47. The van der Waals surface area contributed by atoms with Gasteiger partial charge in [-0.25, -0.2) is 0 Å². The third kappa shape index (κ3) is 2.66. The summed E-state index contributed by atoms with van der Waals surface area (Å²) in [6, 6.07) is 5.33. The number of benzene rings is 1. The maximum Gasteiger partial charge on any atom is 0.161 e. The molecule has 4 N–H and O–H groups in total. The van der Waals surface area contributed by atoms with E-state index in [1.807, 2.05) is 18.2 Å². The standard InChI is InChI=1S/C20H21N3O2S/c1-20(2)10-12(5-4-11-6-7-14(24)15(9-11)25-3)8-13-16-18(21)22-23-19(16)26-17(13)20/h4-9,24H,10H2,1-3H3,(H3,21,22,23)/b5-4+. The van der Waals surface area contributed by atoms with Crippen LogP contribution in [-0.4, -0.2) is 22.4 Å². The van der Waals surface area contributed by atoms with Gasteiger partial charge in [0.1, 0.15) is 10.6 Å². The molecular formula is C20H21N3O2S. The highest BCUT2D eigenvalue weighted by molar-refractivity contribution is 7.19. The average Bonchev–Trinajstić information content (AvgIpc) is 3.15. The zero-order chi connectivity index (χ0) is 18.5. The van der Waals surface area contributed by atoms with Crippen LogP contribution in [0.4, 0.5) is 5.82 Å². The maximum atomic E-state index is 9.73. The van der Waals surface area contributed by atoms with E-state index in [9.17, 15) is 5.11 Å². The normalized spacial score (nSPS) is 16.0. The number of allylic oxidation sites excluding steroid dienone is 2. The number of hydrogen-bond donors (Lipinski definition) is 3. The fourth-order valence-electron chi connectivity index (χ4n) is 3.51. The number of nitrogen functional groups attached to an aromatic ring is 1. The summed E-state index contributed by atoms with van der Waals surface area (Å²) in [5.74, 6) is 1.24. The topological polar surface area (TPSA) is 84.2 Å². The third-order valence-electron chi connectivity index (χ3n) is 4.76. The first-order valence-electron chi connectivity index (χ1n) is 8.41. The van der Waals surface area contributed by atoms with Gasteiger partial charge in [-0.1, -0.05) is 32.1 Å². The van der Waals surface area contributed by atoms with Gasteiger partial charge in [0, 0.05) is 15.9 Å². The van der Waals surface area contributed by atoms with Crippen LogP contribution in [0, 0.1) is 0 Å². The second-order valence-electron chi connectivity index (χ2n) is 7.21. The van der Waals surface area contributed by atoms with Crippen LogP contribution in [0.3, 0.4) is 0 Å². The number of nitrogens with one attached hydrogen (secondary N) is 1. The summed E-state index contributed by atoms with van der Waals surface area (Å²) in [7, 11) is 1.55. The van der Waals surface area contributed by atoms with Gasteiger partial charge in [-0.2, -0.15) is 5.10 Å². The number of thiophene rings is 1. The Morgan fingerprint density at radius 3 is 2.92 bits per heavy atom. The lowest BCUT2D eigenvalue weighted by Gasteiger charge is -2.29. The SMILES string of the molecule is COc1cc(/C=C/C2=Cc3c(sc4n[nH]c(N)c34)C(C)(C)C2)ccc1O. The van der Waals surface area contributed by atoms with Crippen molar-refractivity contribution in [3.63, 3.8) is 0 Å². The number of rotatable bonds is 3. The van der Waals surface area contributed by atoms with Crippen molar-refractivity contribution in [2.75, 3.05) is 12.8 Å². The van der Waals surface area contributed by atoms with Crippen LogP contribution in [-0.2, 0) is 5.41 Å². The molecule has 134 valence electrons.